The molecule has 1 aromatic carbocycles. The average molecular weight is 221 g/mol. The third kappa shape index (κ3) is 1.79. The third-order valence-corrected chi connectivity index (χ3v) is 2.32. The van der Waals surface area contributed by atoms with Crippen LogP contribution in [0.25, 0.3) is 0 Å². The van der Waals surface area contributed by atoms with Crippen molar-refractivity contribution in [1.82, 2.24) is 0 Å². The average Bonchev–Trinajstić information content (AvgIpc) is 2.17. The molecule has 1 aliphatic rings. The van der Waals surface area contributed by atoms with Crippen molar-refractivity contribution in [3.8, 4) is 0 Å². The lowest BCUT2D eigenvalue weighted by Crippen LogP contribution is -2.48. The lowest BCUT2D eigenvalue weighted by molar-refractivity contribution is -0.141. The summed E-state index contributed by atoms with van der Waals surface area (Å²) >= 11 is 0. The maximum absolute atomic E-state index is 11.3. The van der Waals surface area contributed by atoms with E-state index >= 15 is 0 Å². The zero-order valence-corrected chi connectivity index (χ0v) is 7.71. The summed E-state index contributed by atoms with van der Waals surface area (Å²) in [6.07, 6.45) is 0. The van der Waals surface area contributed by atoms with E-state index in [4.69, 9.17) is 5.73 Å². The van der Waals surface area contributed by atoms with E-state index < -0.39 is 24.9 Å². The number of hydrogen-bond acceptors (Lipinski definition) is 4. The van der Waals surface area contributed by atoms with Crippen LogP contribution in [0.5, 0.6) is 0 Å². The molecule has 2 rings (SSSR count). The molecule has 0 aliphatic carbocycles. The molecule has 1 amide bonds. The fourth-order valence-corrected chi connectivity index (χ4v) is 1.64. The molecule has 5 nitrogen and oxygen atoms in total. The van der Waals surface area contributed by atoms with E-state index in [0.717, 1.165) is 0 Å². The fraction of sp³-hybridized carbons (Fsp3) is 0.200. The molecule has 6 heteroatoms. The molecule has 0 spiro atoms. The van der Waals surface area contributed by atoms with E-state index in [1.54, 1.807) is 24.3 Å². The topological polar surface area (TPSA) is 89.6 Å². The number of benzene rings is 1. The zero-order valence-electron chi connectivity index (χ0n) is 7.71. The molecule has 0 radical (unpaired) electrons. The SMILES string of the molecule is C.NC(=O)C1C(=O)OB(O)c2ccccc21. The quantitative estimate of drug-likeness (QED) is 0.476. The second-order valence-electron chi connectivity index (χ2n) is 3.25. The van der Waals surface area contributed by atoms with Crippen LogP contribution in [0, 0.1) is 0 Å². The summed E-state index contributed by atoms with van der Waals surface area (Å²) in [7, 11) is -1.32. The first-order valence-electron chi connectivity index (χ1n) is 4.38. The Morgan fingerprint density at radius 1 is 1.44 bits per heavy atom. The highest BCUT2D eigenvalue weighted by atomic mass is 16.6. The lowest BCUT2D eigenvalue weighted by Gasteiger charge is -2.23. The molecule has 0 fully saturated rings. The molecule has 0 saturated heterocycles. The van der Waals surface area contributed by atoms with Crippen LogP contribution in [0.4, 0.5) is 0 Å². The van der Waals surface area contributed by atoms with Gasteiger partial charge in [0.25, 0.3) is 0 Å². The number of hydrogen-bond donors (Lipinski definition) is 2. The van der Waals surface area contributed by atoms with Crippen molar-refractivity contribution in [3.63, 3.8) is 0 Å². The highest BCUT2D eigenvalue weighted by Crippen LogP contribution is 2.20. The van der Waals surface area contributed by atoms with E-state index in [9.17, 15) is 14.6 Å². The van der Waals surface area contributed by atoms with E-state index in [-0.39, 0.29) is 7.43 Å². The van der Waals surface area contributed by atoms with Gasteiger partial charge in [-0.1, -0.05) is 31.7 Å². The maximum atomic E-state index is 11.3. The molecule has 1 atom stereocenters. The molecular formula is C10H12BNO4. The van der Waals surface area contributed by atoms with E-state index in [2.05, 4.69) is 4.65 Å². The normalized spacial score (nSPS) is 18.2. The monoisotopic (exact) mass is 221 g/mol. The van der Waals surface area contributed by atoms with Crippen LogP contribution in [-0.4, -0.2) is 24.0 Å². The Morgan fingerprint density at radius 3 is 2.69 bits per heavy atom. The maximum Gasteiger partial charge on any atom is 0.562 e. The van der Waals surface area contributed by atoms with Crippen LogP contribution in [0.15, 0.2) is 24.3 Å². The van der Waals surface area contributed by atoms with Crippen LogP contribution in [0.2, 0.25) is 0 Å². The molecule has 0 bridgehead atoms. The number of amides is 1. The first kappa shape index (κ1) is 12.3. The van der Waals surface area contributed by atoms with Crippen LogP contribution in [0.1, 0.15) is 18.9 Å². The van der Waals surface area contributed by atoms with Crippen LogP contribution < -0.4 is 11.2 Å². The zero-order chi connectivity index (χ0) is 11.0. The molecule has 0 aromatic heterocycles. The molecule has 3 N–H and O–H groups in total. The van der Waals surface area contributed by atoms with E-state index in [0.29, 0.717) is 11.0 Å². The van der Waals surface area contributed by atoms with E-state index in [1.807, 2.05) is 0 Å². The second kappa shape index (κ2) is 4.36. The number of nitrogens with two attached hydrogens (primary N) is 1. The molecule has 1 unspecified atom stereocenters. The van der Waals surface area contributed by atoms with Crippen molar-refractivity contribution in [3.05, 3.63) is 29.8 Å². The van der Waals surface area contributed by atoms with Crippen LogP contribution in [0.3, 0.4) is 0 Å². The minimum absolute atomic E-state index is 0. The summed E-state index contributed by atoms with van der Waals surface area (Å²) in [6.45, 7) is 0. The van der Waals surface area contributed by atoms with Crippen molar-refractivity contribution in [2.24, 2.45) is 5.73 Å². The summed E-state index contributed by atoms with van der Waals surface area (Å²) in [4.78, 5) is 22.4. The van der Waals surface area contributed by atoms with Gasteiger partial charge in [-0.05, 0) is 5.56 Å². The molecule has 1 heterocycles. The number of carbonyl (C=O) groups excluding carboxylic acids is 2. The van der Waals surface area contributed by atoms with Crippen molar-refractivity contribution in [2.45, 2.75) is 13.3 Å². The van der Waals surface area contributed by atoms with Gasteiger partial charge >= 0.3 is 13.1 Å². The minimum atomic E-state index is -1.32. The smallest absolute Gasteiger partial charge is 0.505 e. The van der Waals surface area contributed by atoms with Crippen LogP contribution in [-0.2, 0) is 14.2 Å². The first-order chi connectivity index (χ1) is 7.11. The fourth-order valence-electron chi connectivity index (χ4n) is 1.64. The van der Waals surface area contributed by atoms with Gasteiger partial charge in [-0.25, -0.2) is 0 Å². The van der Waals surface area contributed by atoms with Gasteiger partial charge in [-0.15, -0.1) is 0 Å². The summed E-state index contributed by atoms with van der Waals surface area (Å²) in [5.41, 5.74) is 5.91. The molecule has 16 heavy (non-hydrogen) atoms. The van der Waals surface area contributed by atoms with Gasteiger partial charge in [0.1, 0.15) is 0 Å². The van der Waals surface area contributed by atoms with Crippen molar-refractivity contribution in [1.29, 1.82) is 0 Å². The summed E-state index contributed by atoms with van der Waals surface area (Å²) < 4.78 is 4.60. The molecule has 1 aliphatic heterocycles. The minimum Gasteiger partial charge on any atom is -0.505 e. The first-order valence-corrected chi connectivity index (χ1v) is 4.38. The molecule has 0 saturated carbocycles. The Hall–Kier alpha value is -1.82. The van der Waals surface area contributed by atoms with Crippen molar-refractivity contribution >= 4 is 24.5 Å². The summed E-state index contributed by atoms with van der Waals surface area (Å²) in [5.74, 6) is -2.71. The summed E-state index contributed by atoms with van der Waals surface area (Å²) in [5, 5.41) is 9.44. The highest BCUT2D eigenvalue weighted by Gasteiger charge is 2.40. The third-order valence-electron chi connectivity index (χ3n) is 2.32. The Kier molecular flexibility index (Phi) is 3.34. The predicted octanol–water partition coefficient (Wildman–Crippen LogP) is -0.864. The Bertz CT molecular complexity index is 435. The Labute approximate surface area is 93.4 Å². The van der Waals surface area contributed by atoms with Crippen molar-refractivity contribution < 1.29 is 19.3 Å². The summed E-state index contributed by atoms with van der Waals surface area (Å²) in [6, 6.07) is 6.51. The number of primary amides is 1. The Morgan fingerprint density at radius 2 is 2.06 bits per heavy atom. The van der Waals surface area contributed by atoms with Gasteiger partial charge in [0.15, 0.2) is 5.92 Å². The van der Waals surface area contributed by atoms with Crippen molar-refractivity contribution in [2.75, 3.05) is 0 Å². The standard InChI is InChI=1S/C9H8BNO4.CH4/c11-8(12)7-5-3-1-2-4-6(5)10(14)15-9(7)13;/h1-4,7,14H,(H2,11,12);1H4. The number of fused-ring (bicyclic) bond motifs is 1. The molecule has 84 valence electrons. The predicted molar refractivity (Wildman–Crippen MR) is 58.8 cm³/mol. The molecular weight excluding hydrogens is 209 g/mol. The number of carbonyl (C=O) groups is 2. The largest absolute Gasteiger partial charge is 0.562 e. The lowest BCUT2D eigenvalue weighted by atomic mass is 9.70. The van der Waals surface area contributed by atoms with Gasteiger partial charge < -0.3 is 15.4 Å². The second-order valence-corrected chi connectivity index (χ2v) is 3.25. The van der Waals surface area contributed by atoms with Gasteiger partial charge in [-0.2, -0.15) is 0 Å². The number of rotatable bonds is 1. The van der Waals surface area contributed by atoms with Gasteiger partial charge in [0.05, 0.1) is 0 Å². The Balaban J connectivity index is 0.00000128. The van der Waals surface area contributed by atoms with Gasteiger partial charge in [-0.3, -0.25) is 9.59 Å². The van der Waals surface area contributed by atoms with Gasteiger partial charge in [0, 0.05) is 5.46 Å². The highest BCUT2D eigenvalue weighted by molar-refractivity contribution is 6.63. The van der Waals surface area contributed by atoms with Crippen LogP contribution >= 0.6 is 0 Å². The molecule has 1 aromatic rings. The van der Waals surface area contributed by atoms with Gasteiger partial charge in [0.2, 0.25) is 5.91 Å². The van der Waals surface area contributed by atoms with E-state index in [1.165, 1.54) is 0 Å².